The van der Waals surface area contributed by atoms with Gasteiger partial charge in [-0.2, -0.15) is 18.3 Å². The predicted molar refractivity (Wildman–Crippen MR) is 137 cm³/mol. The number of nitrogens with one attached hydrogen (secondary N) is 1. The normalized spacial score (nSPS) is 18.5. The summed E-state index contributed by atoms with van der Waals surface area (Å²) in [6.07, 6.45) is -3.12. The Kier molecular flexibility index (Phi) is 6.09. The van der Waals surface area contributed by atoms with Crippen molar-refractivity contribution in [2.24, 2.45) is 10.7 Å². The van der Waals surface area contributed by atoms with E-state index in [-0.39, 0.29) is 42.4 Å². The lowest BCUT2D eigenvalue weighted by Crippen LogP contribution is -2.43. The van der Waals surface area contributed by atoms with E-state index in [4.69, 9.17) is 5.73 Å². The lowest BCUT2D eigenvalue weighted by atomic mass is 9.86. The maximum atomic E-state index is 14.0. The monoisotopic (exact) mass is 563 g/mol. The van der Waals surface area contributed by atoms with Crippen LogP contribution in [0.4, 0.5) is 17.6 Å². The van der Waals surface area contributed by atoms with E-state index in [9.17, 15) is 27.2 Å². The Morgan fingerprint density at radius 1 is 1.05 bits per heavy atom. The molecule has 0 aliphatic carbocycles. The van der Waals surface area contributed by atoms with Gasteiger partial charge in [0.25, 0.3) is 11.8 Å². The third-order valence-corrected chi connectivity index (χ3v) is 7.13. The number of aromatic nitrogens is 3. The van der Waals surface area contributed by atoms with E-state index in [0.717, 1.165) is 0 Å². The van der Waals surface area contributed by atoms with Gasteiger partial charge in [0.05, 0.1) is 31.0 Å². The van der Waals surface area contributed by atoms with E-state index in [2.05, 4.69) is 20.2 Å². The summed E-state index contributed by atoms with van der Waals surface area (Å²) < 4.78 is 53.5. The second kappa shape index (κ2) is 9.54. The molecule has 4 heterocycles. The van der Waals surface area contributed by atoms with Crippen molar-refractivity contribution in [3.8, 4) is 0 Å². The number of H-pyrrole nitrogens is 1. The Morgan fingerprint density at radius 2 is 1.83 bits per heavy atom. The average Bonchev–Trinajstić information content (AvgIpc) is 3.62. The molecule has 1 atom stereocenters. The third kappa shape index (κ3) is 4.39. The number of hydrogen-bond acceptors (Lipinski definition) is 6. The molecule has 2 aromatic heterocycles. The van der Waals surface area contributed by atoms with E-state index < -0.39 is 35.0 Å². The van der Waals surface area contributed by atoms with Crippen molar-refractivity contribution in [2.45, 2.75) is 31.3 Å². The Balaban J connectivity index is 1.26. The van der Waals surface area contributed by atoms with Crippen molar-refractivity contribution < 1.29 is 27.2 Å². The fourth-order valence-electron chi connectivity index (χ4n) is 5.19. The molecule has 2 aliphatic rings. The van der Waals surface area contributed by atoms with Crippen molar-refractivity contribution in [1.29, 1.82) is 0 Å². The van der Waals surface area contributed by atoms with E-state index in [1.165, 1.54) is 40.3 Å². The zero-order valence-electron chi connectivity index (χ0n) is 21.2. The predicted octanol–water partition coefficient (Wildman–Crippen LogP) is 3.72. The number of aliphatic imine (C=N–C) groups is 1. The van der Waals surface area contributed by atoms with Crippen LogP contribution in [-0.4, -0.2) is 42.8 Å². The van der Waals surface area contributed by atoms with Crippen molar-refractivity contribution >= 4 is 17.8 Å². The number of nitrogens with zero attached hydrogens (tertiary/aromatic N) is 5. The molecule has 2 aliphatic heterocycles. The Bertz CT molecular complexity index is 1690. The molecule has 0 bridgehead atoms. The molecule has 208 valence electrons. The van der Waals surface area contributed by atoms with E-state index in [0.29, 0.717) is 16.8 Å². The molecule has 0 radical (unpaired) electrons. The number of carbonyl (C=O) groups is 2. The third-order valence-electron chi connectivity index (χ3n) is 7.13. The number of benzene rings is 2. The molecule has 2 aromatic carbocycles. The van der Waals surface area contributed by atoms with Crippen LogP contribution in [0.15, 0.2) is 77.9 Å². The quantitative estimate of drug-likeness (QED) is 0.359. The molecule has 1 unspecified atom stereocenters. The molecule has 13 heteroatoms. The van der Waals surface area contributed by atoms with Gasteiger partial charge in [0, 0.05) is 17.3 Å². The van der Waals surface area contributed by atoms with Gasteiger partial charge in [0.2, 0.25) is 5.54 Å². The summed E-state index contributed by atoms with van der Waals surface area (Å²) in [4.78, 5) is 38.6. The molecule has 0 saturated carbocycles. The highest BCUT2D eigenvalue weighted by molar-refractivity contribution is 6.09. The van der Waals surface area contributed by atoms with Gasteiger partial charge in [-0.05, 0) is 47.5 Å². The number of hydrogen-bond donors (Lipinski definition) is 2. The molecule has 6 rings (SSSR count). The highest BCUT2D eigenvalue weighted by atomic mass is 19.4. The smallest absolute Gasteiger partial charge is 0.369 e. The van der Waals surface area contributed by atoms with Gasteiger partial charge >= 0.3 is 6.18 Å². The van der Waals surface area contributed by atoms with Gasteiger partial charge in [-0.25, -0.2) is 9.38 Å². The van der Waals surface area contributed by atoms with E-state index in [1.807, 2.05) is 0 Å². The molecular weight excluding hydrogens is 542 g/mol. The standard InChI is InChI=1S/C28H21F4N7O2/c29-19-9-7-18(8-10-19)27(22-6-1-2-11-34-22)25(41)39(26(33)35-27)13-16-4-3-5-17(12-16)24(40)38-14-20-21(15-38)36-37-23(20)28(30,31)32/h1-12H,13-15H2,(H2,33,35)(H,36,37). The zero-order chi connectivity index (χ0) is 28.9. The van der Waals surface area contributed by atoms with Crippen molar-refractivity contribution in [1.82, 2.24) is 25.0 Å². The topological polar surface area (TPSA) is 121 Å². The largest absolute Gasteiger partial charge is 0.435 e. The minimum absolute atomic E-state index is 0.0457. The maximum Gasteiger partial charge on any atom is 0.435 e. The first kappa shape index (κ1) is 26.2. The lowest BCUT2D eigenvalue weighted by Gasteiger charge is -2.26. The van der Waals surface area contributed by atoms with Gasteiger partial charge in [-0.15, -0.1) is 0 Å². The van der Waals surface area contributed by atoms with Crippen LogP contribution in [0.3, 0.4) is 0 Å². The van der Waals surface area contributed by atoms with Crippen LogP contribution >= 0.6 is 0 Å². The van der Waals surface area contributed by atoms with Crippen molar-refractivity contribution in [3.63, 3.8) is 0 Å². The van der Waals surface area contributed by atoms with Crippen molar-refractivity contribution in [2.75, 3.05) is 0 Å². The van der Waals surface area contributed by atoms with Crippen LogP contribution in [0.25, 0.3) is 0 Å². The summed E-state index contributed by atoms with van der Waals surface area (Å²) in [5, 5.41) is 5.72. The van der Waals surface area contributed by atoms with Gasteiger partial charge in [-0.1, -0.05) is 30.3 Å². The molecule has 0 spiro atoms. The first-order valence-corrected chi connectivity index (χ1v) is 12.4. The van der Waals surface area contributed by atoms with Crippen LogP contribution < -0.4 is 5.73 Å². The number of aromatic amines is 1. The van der Waals surface area contributed by atoms with Crippen molar-refractivity contribution in [3.05, 3.63) is 118 Å². The highest BCUT2D eigenvalue weighted by Gasteiger charge is 2.51. The molecular formula is C28H21F4N7O2. The molecule has 4 aromatic rings. The summed E-state index contributed by atoms with van der Waals surface area (Å²) >= 11 is 0. The van der Waals surface area contributed by atoms with Crippen LogP contribution in [-0.2, 0) is 36.1 Å². The number of rotatable bonds is 5. The number of alkyl halides is 3. The Morgan fingerprint density at radius 3 is 2.54 bits per heavy atom. The summed E-state index contributed by atoms with van der Waals surface area (Å²) in [5.41, 5.74) is 5.21. The van der Waals surface area contributed by atoms with Crippen LogP contribution in [0.1, 0.15) is 44.1 Å². The number of carbonyl (C=O) groups excluding carboxylic acids is 2. The lowest BCUT2D eigenvalue weighted by molar-refractivity contribution is -0.142. The number of amides is 2. The molecule has 2 amide bonds. The number of halogens is 4. The molecule has 0 saturated heterocycles. The fraction of sp³-hybridized carbons (Fsp3) is 0.179. The number of nitrogens with two attached hydrogens (primary N) is 1. The second-order valence-electron chi connectivity index (χ2n) is 9.68. The molecule has 41 heavy (non-hydrogen) atoms. The summed E-state index contributed by atoms with van der Waals surface area (Å²) in [6.45, 7) is -0.333. The summed E-state index contributed by atoms with van der Waals surface area (Å²) in [5.74, 6) is -1.57. The Hall–Kier alpha value is -5.07. The van der Waals surface area contributed by atoms with Crippen LogP contribution in [0.2, 0.25) is 0 Å². The number of guanidine groups is 1. The Labute approximate surface area is 230 Å². The second-order valence-corrected chi connectivity index (χ2v) is 9.68. The van der Waals surface area contributed by atoms with Gasteiger partial charge in [-0.3, -0.25) is 24.6 Å². The summed E-state index contributed by atoms with van der Waals surface area (Å²) in [7, 11) is 0. The molecule has 9 nitrogen and oxygen atoms in total. The summed E-state index contributed by atoms with van der Waals surface area (Å²) in [6, 6.07) is 16.8. The minimum Gasteiger partial charge on any atom is -0.369 e. The van der Waals surface area contributed by atoms with Gasteiger partial charge < -0.3 is 10.6 Å². The average molecular weight is 564 g/mol. The van der Waals surface area contributed by atoms with Crippen LogP contribution in [0, 0.1) is 5.82 Å². The molecule has 0 fully saturated rings. The minimum atomic E-state index is -4.63. The van der Waals surface area contributed by atoms with Crippen LogP contribution in [0.5, 0.6) is 0 Å². The fourth-order valence-corrected chi connectivity index (χ4v) is 5.19. The number of fused-ring (bicyclic) bond motifs is 1. The number of pyridine rings is 1. The van der Waals surface area contributed by atoms with E-state index in [1.54, 1.807) is 42.5 Å². The first-order valence-electron chi connectivity index (χ1n) is 12.4. The van der Waals surface area contributed by atoms with Gasteiger partial charge in [0.15, 0.2) is 11.7 Å². The zero-order valence-corrected chi connectivity index (χ0v) is 21.2. The maximum absolute atomic E-state index is 14.0. The highest BCUT2D eigenvalue weighted by Crippen LogP contribution is 2.39. The van der Waals surface area contributed by atoms with E-state index >= 15 is 0 Å². The SMILES string of the molecule is NC1=NC(c2ccc(F)cc2)(c2ccccn2)C(=O)N1Cc1cccc(C(=O)N2Cc3[nH]nc(C(F)(F)F)c3C2)c1. The molecule has 3 N–H and O–H groups in total. The van der Waals surface area contributed by atoms with Gasteiger partial charge in [0.1, 0.15) is 5.82 Å². The first-order chi connectivity index (χ1) is 19.6.